The first-order valence-electron chi connectivity index (χ1n) is 7.41. The van der Waals surface area contributed by atoms with Crippen LogP contribution in [-0.2, 0) is 5.60 Å². The summed E-state index contributed by atoms with van der Waals surface area (Å²) in [6, 6.07) is 5.60. The molecule has 0 bridgehead atoms. The number of benzene rings is 1. The number of aliphatic hydroxyl groups is 1. The molecule has 1 N–H and O–H groups in total. The molecule has 2 unspecified atom stereocenters. The van der Waals surface area contributed by atoms with Crippen molar-refractivity contribution in [3.05, 3.63) is 23.8 Å². The van der Waals surface area contributed by atoms with Crippen molar-refractivity contribution in [2.75, 3.05) is 14.2 Å². The zero-order chi connectivity index (χ0) is 15.2. The van der Waals surface area contributed by atoms with Crippen LogP contribution in [0.3, 0.4) is 0 Å². The predicted octanol–water partition coefficient (Wildman–Crippen LogP) is 4.13. The minimum atomic E-state index is -0.879. The van der Waals surface area contributed by atoms with E-state index in [-0.39, 0.29) is 5.92 Å². The molecule has 2 atom stereocenters. The van der Waals surface area contributed by atoms with Crippen LogP contribution in [0.4, 0.5) is 0 Å². The van der Waals surface area contributed by atoms with Crippen LogP contribution in [0, 0.1) is 5.92 Å². The zero-order valence-electron chi connectivity index (χ0n) is 13.4. The van der Waals surface area contributed by atoms with Crippen molar-refractivity contribution in [3.63, 3.8) is 0 Å². The van der Waals surface area contributed by atoms with Gasteiger partial charge in [-0.1, -0.05) is 33.1 Å². The fraction of sp³-hybridized carbons (Fsp3) is 0.647. The van der Waals surface area contributed by atoms with Gasteiger partial charge in [-0.05, 0) is 37.0 Å². The van der Waals surface area contributed by atoms with Crippen molar-refractivity contribution in [2.45, 2.75) is 52.1 Å². The Morgan fingerprint density at radius 2 is 1.65 bits per heavy atom. The molecule has 0 aliphatic heterocycles. The highest BCUT2D eigenvalue weighted by Gasteiger charge is 2.31. The van der Waals surface area contributed by atoms with Crippen LogP contribution in [0.15, 0.2) is 18.2 Å². The lowest BCUT2D eigenvalue weighted by molar-refractivity contribution is -0.00319. The maximum Gasteiger partial charge on any atom is 0.122 e. The van der Waals surface area contributed by atoms with Gasteiger partial charge in [-0.15, -0.1) is 0 Å². The summed E-state index contributed by atoms with van der Waals surface area (Å²) in [5.41, 5.74) is -0.0343. The lowest BCUT2D eigenvalue weighted by atomic mass is 9.81. The Morgan fingerprint density at radius 1 is 1.10 bits per heavy atom. The second-order valence-electron chi connectivity index (χ2n) is 5.65. The van der Waals surface area contributed by atoms with Gasteiger partial charge in [-0.2, -0.15) is 0 Å². The van der Waals surface area contributed by atoms with E-state index in [1.807, 2.05) is 25.1 Å². The van der Waals surface area contributed by atoms with Crippen LogP contribution >= 0.6 is 0 Å². The van der Waals surface area contributed by atoms with Crippen LogP contribution in [-0.4, -0.2) is 19.3 Å². The summed E-state index contributed by atoms with van der Waals surface area (Å²) < 4.78 is 10.6. The average molecular weight is 280 g/mol. The minimum Gasteiger partial charge on any atom is -0.497 e. The van der Waals surface area contributed by atoms with Crippen molar-refractivity contribution in [3.8, 4) is 11.5 Å². The maximum atomic E-state index is 10.9. The predicted molar refractivity (Wildman–Crippen MR) is 82.4 cm³/mol. The monoisotopic (exact) mass is 280 g/mol. The third-order valence-electron chi connectivity index (χ3n) is 4.14. The molecule has 0 amide bonds. The molecule has 1 rings (SSSR count). The molecular formula is C17H28O3. The zero-order valence-corrected chi connectivity index (χ0v) is 13.4. The molecule has 0 fully saturated rings. The number of methoxy groups -OCH3 is 2. The number of ether oxygens (including phenoxy) is 2. The molecule has 0 radical (unpaired) electrons. The Hall–Kier alpha value is -1.22. The SMILES string of the molecule is CCCCCC(C)C(C)(O)c1cc(OC)cc(OC)c1. The summed E-state index contributed by atoms with van der Waals surface area (Å²) in [5.74, 6) is 1.60. The summed E-state index contributed by atoms with van der Waals surface area (Å²) in [6.07, 6.45) is 4.57. The summed E-state index contributed by atoms with van der Waals surface area (Å²) >= 11 is 0. The van der Waals surface area contributed by atoms with Crippen LogP contribution in [0.5, 0.6) is 11.5 Å². The molecule has 114 valence electrons. The second-order valence-corrected chi connectivity index (χ2v) is 5.65. The third kappa shape index (κ3) is 4.14. The number of hydrogen-bond acceptors (Lipinski definition) is 3. The Labute approximate surface area is 122 Å². The first-order valence-corrected chi connectivity index (χ1v) is 7.41. The van der Waals surface area contributed by atoms with Crippen LogP contribution in [0.2, 0.25) is 0 Å². The van der Waals surface area contributed by atoms with Crippen molar-refractivity contribution >= 4 is 0 Å². The topological polar surface area (TPSA) is 38.7 Å². The van der Waals surface area contributed by atoms with Crippen molar-refractivity contribution < 1.29 is 14.6 Å². The normalized spacial score (nSPS) is 15.5. The van der Waals surface area contributed by atoms with Gasteiger partial charge < -0.3 is 14.6 Å². The fourth-order valence-electron chi connectivity index (χ4n) is 2.37. The van der Waals surface area contributed by atoms with Crippen LogP contribution < -0.4 is 9.47 Å². The Balaban J connectivity index is 2.94. The average Bonchev–Trinajstić information content (AvgIpc) is 2.46. The highest BCUT2D eigenvalue weighted by molar-refractivity contribution is 5.41. The first kappa shape index (κ1) is 16.8. The van der Waals surface area contributed by atoms with E-state index in [9.17, 15) is 5.11 Å². The maximum absolute atomic E-state index is 10.9. The molecule has 0 aromatic heterocycles. The van der Waals surface area contributed by atoms with Gasteiger partial charge in [-0.25, -0.2) is 0 Å². The number of unbranched alkanes of at least 4 members (excludes halogenated alkanes) is 2. The number of rotatable bonds is 8. The quantitative estimate of drug-likeness (QED) is 0.728. The van der Waals surface area contributed by atoms with Gasteiger partial charge in [0, 0.05) is 6.07 Å². The minimum absolute atomic E-state index is 0.186. The van der Waals surface area contributed by atoms with Crippen molar-refractivity contribution in [1.82, 2.24) is 0 Å². The molecule has 0 spiro atoms. The van der Waals surface area contributed by atoms with E-state index in [2.05, 4.69) is 13.8 Å². The van der Waals surface area contributed by atoms with E-state index in [1.54, 1.807) is 14.2 Å². The molecule has 0 heterocycles. The molecule has 0 saturated heterocycles. The molecule has 1 aromatic rings. The van der Waals surface area contributed by atoms with Crippen molar-refractivity contribution in [2.24, 2.45) is 5.92 Å². The molecule has 0 saturated carbocycles. The Bertz CT molecular complexity index is 390. The van der Waals surface area contributed by atoms with Gasteiger partial charge in [-0.3, -0.25) is 0 Å². The Kier molecular flexibility index (Phi) is 6.34. The summed E-state index contributed by atoms with van der Waals surface area (Å²) in [6.45, 7) is 6.16. The Morgan fingerprint density at radius 3 is 2.10 bits per heavy atom. The fourth-order valence-corrected chi connectivity index (χ4v) is 2.37. The second kappa shape index (κ2) is 7.53. The van der Waals surface area contributed by atoms with Crippen molar-refractivity contribution in [1.29, 1.82) is 0 Å². The van der Waals surface area contributed by atoms with Crippen LogP contribution in [0.1, 0.15) is 52.0 Å². The van der Waals surface area contributed by atoms with Gasteiger partial charge in [0.25, 0.3) is 0 Å². The highest BCUT2D eigenvalue weighted by Crippen LogP contribution is 2.36. The van der Waals surface area contributed by atoms with E-state index in [0.717, 1.165) is 18.4 Å². The van der Waals surface area contributed by atoms with Gasteiger partial charge in [0.15, 0.2) is 0 Å². The van der Waals surface area contributed by atoms with Gasteiger partial charge in [0.2, 0.25) is 0 Å². The summed E-state index contributed by atoms with van der Waals surface area (Å²) in [4.78, 5) is 0. The lowest BCUT2D eigenvalue weighted by Gasteiger charge is -2.31. The largest absolute Gasteiger partial charge is 0.497 e. The van der Waals surface area contributed by atoms with E-state index in [0.29, 0.717) is 11.5 Å². The van der Waals surface area contributed by atoms with Gasteiger partial charge in [0.1, 0.15) is 11.5 Å². The summed E-state index contributed by atoms with van der Waals surface area (Å²) in [7, 11) is 3.25. The van der Waals surface area contributed by atoms with E-state index < -0.39 is 5.60 Å². The van der Waals surface area contributed by atoms with E-state index in [1.165, 1.54) is 12.8 Å². The first-order chi connectivity index (χ1) is 9.45. The third-order valence-corrected chi connectivity index (χ3v) is 4.14. The summed E-state index contributed by atoms with van der Waals surface area (Å²) in [5, 5.41) is 10.9. The molecule has 3 heteroatoms. The molecule has 3 nitrogen and oxygen atoms in total. The smallest absolute Gasteiger partial charge is 0.122 e. The molecule has 0 aliphatic carbocycles. The van der Waals surface area contributed by atoms with Gasteiger partial charge in [0.05, 0.1) is 19.8 Å². The highest BCUT2D eigenvalue weighted by atomic mass is 16.5. The van der Waals surface area contributed by atoms with E-state index in [4.69, 9.17) is 9.47 Å². The van der Waals surface area contributed by atoms with Crippen LogP contribution in [0.25, 0.3) is 0 Å². The molecule has 20 heavy (non-hydrogen) atoms. The molecular weight excluding hydrogens is 252 g/mol. The lowest BCUT2D eigenvalue weighted by Crippen LogP contribution is -2.30. The molecule has 0 aliphatic rings. The molecule has 1 aromatic carbocycles. The van der Waals surface area contributed by atoms with E-state index >= 15 is 0 Å². The standard InChI is InChI=1S/C17H28O3/c1-6-7-8-9-13(2)17(3,18)14-10-15(19-4)12-16(11-14)20-5/h10-13,18H,6-9H2,1-5H3. The number of hydrogen-bond donors (Lipinski definition) is 1. The van der Waals surface area contributed by atoms with Gasteiger partial charge >= 0.3 is 0 Å².